The fourth-order valence-electron chi connectivity index (χ4n) is 2.88. The number of hydrazone groups is 1. The molecule has 2 aromatic carbocycles. The van der Waals surface area contributed by atoms with E-state index in [4.69, 9.17) is 21.1 Å². The molecule has 0 N–H and O–H groups in total. The number of para-hydroxylation sites is 1. The van der Waals surface area contributed by atoms with E-state index in [0.29, 0.717) is 11.5 Å². The molecule has 0 unspecified atom stereocenters. The molecule has 1 heterocycles. The number of piperazine rings is 1. The highest BCUT2D eigenvalue weighted by molar-refractivity contribution is 6.30. The van der Waals surface area contributed by atoms with Crippen LogP contribution in [0.4, 0.5) is 5.69 Å². The van der Waals surface area contributed by atoms with E-state index in [-0.39, 0.29) is 0 Å². The Kier molecular flexibility index (Phi) is 5.66. The molecule has 3 rings (SSSR count). The van der Waals surface area contributed by atoms with Crippen LogP contribution in [0.15, 0.2) is 47.6 Å². The van der Waals surface area contributed by atoms with Crippen LogP contribution in [0.1, 0.15) is 5.56 Å². The highest BCUT2D eigenvalue weighted by atomic mass is 35.5. The lowest BCUT2D eigenvalue weighted by molar-refractivity contribution is 0.272. The number of hydrogen-bond acceptors (Lipinski definition) is 5. The highest BCUT2D eigenvalue weighted by Gasteiger charge is 2.16. The zero-order valence-corrected chi connectivity index (χ0v) is 15.2. The lowest BCUT2D eigenvalue weighted by Crippen LogP contribution is -2.44. The standard InChI is InChI=1S/C19H22ClN3O2/c1-24-18-5-3-4-15(19(18)25-2)14-21-23-12-10-22(11-13-23)17-8-6-16(20)7-9-17/h3-9,14H,10-13H2,1-2H3/b21-14-. The predicted molar refractivity (Wildman–Crippen MR) is 102 cm³/mol. The monoisotopic (exact) mass is 359 g/mol. The van der Waals surface area contributed by atoms with Crippen LogP contribution in [0.25, 0.3) is 0 Å². The number of methoxy groups -OCH3 is 2. The van der Waals surface area contributed by atoms with Crippen LogP contribution in [0.3, 0.4) is 0 Å². The van der Waals surface area contributed by atoms with Crippen LogP contribution < -0.4 is 14.4 Å². The minimum absolute atomic E-state index is 0.702. The fourth-order valence-corrected chi connectivity index (χ4v) is 3.00. The van der Waals surface area contributed by atoms with Gasteiger partial charge in [-0.2, -0.15) is 5.10 Å². The summed E-state index contributed by atoms with van der Waals surface area (Å²) < 4.78 is 10.8. The Labute approximate surface area is 153 Å². The van der Waals surface area contributed by atoms with E-state index in [1.165, 1.54) is 5.69 Å². The van der Waals surface area contributed by atoms with Crippen molar-refractivity contribution in [1.29, 1.82) is 0 Å². The van der Waals surface area contributed by atoms with Crippen LogP contribution in [-0.2, 0) is 0 Å². The molecule has 132 valence electrons. The van der Waals surface area contributed by atoms with Gasteiger partial charge in [0, 0.05) is 29.4 Å². The molecule has 1 aliphatic heterocycles. The average Bonchev–Trinajstić information content (AvgIpc) is 2.67. The second-order valence-electron chi connectivity index (χ2n) is 5.74. The highest BCUT2D eigenvalue weighted by Crippen LogP contribution is 2.29. The summed E-state index contributed by atoms with van der Waals surface area (Å²) in [6.45, 7) is 3.58. The first-order valence-corrected chi connectivity index (χ1v) is 8.59. The predicted octanol–water partition coefficient (Wildman–Crippen LogP) is 3.51. The van der Waals surface area contributed by atoms with Crippen LogP contribution >= 0.6 is 11.6 Å². The second-order valence-corrected chi connectivity index (χ2v) is 6.18. The van der Waals surface area contributed by atoms with Crippen molar-refractivity contribution in [2.24, 2.45) is 5.10 Å². The number of ether oxygens (including phenoxy) is 2. The number of halogens is 1. The van der Waals surface area contributed by atoms with Crippen molar-refractivity contribution in [1.82, 2.24) is 5.01 Å². The van der Waals surface area contributed by atoms with Gasteiger partial charge in [-0.1, -0.05) is 17.7 Å². The number of nitrogens with zero attached hydrogens (tertiary/aromatic N) is 3. The van der Waals surface area contributed by atoms with Crippen molar-refractivity contribution in [3.05, 3.63) is 53.1 Å². The number of rotatable bonds is 5. The largest absolute Gasteiger partial charge is 0.493 e. The summed E-state index contributed by atoms with van der Waals surface area (Å²) in [6, 6.07) is 13.7. The van der Waals surface area contributed by atoms with Gasteiger partial charge in [-0.15, -0.1) is 0 Å². The Morgan fingerprint density at radius 2 is 1.68 bits per heavy atom. The first-order chi connectivity index (χ1) is 12.2. The van der Waals surface area contributed by atoms with Gasteiger partial charge >= 0.3 is 0 Å². The van der Waals surface area contributed by atoms with Gasteiger partial charge < -0.3 is 14.4 Å². The molecule has 0 spiro atoms. The zero-order valence-electron chi connectivity index (χ0n) is 14.5. The molecule has 0 saturated carbocycles. The van der Waals surface area contributed by atoms with Crippen molar-refractivity contribution in [3.8, 4) is 11.5 Å². The smallest absolute Gasteiger partial charge is 0.169 e. The van der Waals surface area contributed by atoms with Gasteiger partial charge in [0.25, 0.3) is 0 Å². The van der Waals surface area contributed by atoms with Gasteiger partial charge in [-0.3, -0.25) is 5.01 Å². The van der Waals surface area contributed by atoms with Gasteiger partial charge in [-0.25, -0.2) is 0 Å². The van der Waals surface area contributed by atoms with Crippen molar-refractivity contribution >= 4 is 23.5 Å². The molecule has 25 heavy (non-hydrogen) atoms. The van der Waals surface area contributed by atoms with Gasteiger partial charge in [-0.05, 0) is 36.4 Å². The molecule has 1 aliphatic rings. The van der Waals surface area contributed by atoms with E-state index in [9.17, 15) is 0 Å². The normalized spacial score (nSPS) is 14.8. The molecule has 0 amide bonds. The summed E-state index contributed by atoms with van der Waals surface area (Å²) in [7, 11) is 3.27. The number of benzene rings is 2. The second kappa shape index (κ2) is 8.12. The molecule has 2 aromatic rings. The van der Waals surface area contributed by atoms with Gasteiger partial charge in [0.05, 0.1) is 33.5 Å². The van der Waals surface area contributed by atoms with Crippen LogP contribution in [0.5, 0.6) is 11.5 Å². The zero-order chi connectivity index (χ0) is 17.6. The van der Waals surface area contributed by atoms with Crippen LogP contribution in [-0.4, -0.2) is 51.6 Å². The summed E-state index contributed by atoms with van der Waals surface area (Å²) >= 11 is 5.95. The molecule has 0 aliphatic carbocycles. The van der Waals surface area contributed by atoms with E-state index < -0.39 is 0 Å². The summed E-state index contributed by atoms with van der Waals surface area (Å²) in [4.78, 5) is 2.34. The Hall–Kier alpha value is -2.40. The maximum absolute atomic E-state index is 5.95. The summed E-state index contributed by atoms with van der Waals surface area (Å²) in [5.74, 6) is 1.41. The van der Waals surface area contributed by atoms with E-state index in [1.54, 1.807) is 14.2 Å². The van der Waals surface area contributed by atoms with Gasteiger partial charge in [0.2, 0.25) is 0 Å². The lowest BCUT2D eigenvalue weighted by Gasteiger charge is -2.34. The molecular weight excluding hydrogens is 338 g/mol. The Bertz CT molecular complexity index is 726. The topological polar surface area (TPSA) is 37.3 Å². The lowest BCUT2D eigenvalue weighted by atomic mass is 10.2. The van der Waals surface area contributed by atoms with Gasteiger partial charge in [0.1, 0.15) is 0 Å². The average molecular weight is 360 g/mol. The van der Waals surface area contributed by atoms with Crippen molar-refractivity contribution < 1.29 is 9.47 Å². The minimum Gasteiger partial charge on any atom is -0.493 e. The summed E-state index contributed by atoms with van der Waals surface area (Å²) in [6.07, 6.45) is 1.83. The number of anilines is 1. The maximum atomic E-state index is 5.95. The first kappa shape index (κ1) is 17.4. The van der Waals surface area contributed by atoms with Crippen molar-refractivity contribution in [3.63, 3.8) is 0 Å². The minimum atomic E-state index is 0.702. The molecule has 0 aromatic heterocycles. The maximum Gasteiger partial charge on any atom is 0.169 e. The summed E-state index contributed by atoms with van der Waals surface area (Å²) in [5.41, 5.74) is 2.10. The Morgan fingerprint density at radius 1 is 0.960 bits per heavy atom. The molecule has 0 bridgehead atoms. The van der Waals surface area contributed by atoms with E-state index in [2.05, 4.69) is 27.1 Å². The molecule has 0 atom stereocenters. The molecule has 6 heteroatoms. The SMILES string of the molecule is COc1cccc(/C=N\N2CCN(c3ccc(Cl)cc3)CC2)c1OC. The van der Waals surface area contributed by atoms with E-state index >= 15 is 0 Å². The van der Waals surface area contributed by atoms with E-state index in [1.807, 2.05) is 36.5 Å². The molecule has 0 radical (unpaired) electrons. The third-order valence-electron chi connectivity index (χ3n) is 4.24. The molecule has 5 nitrogen and oxygen atoms in total. The first-order valence-electron chi connectivity index (χ1n) is 8.21. The Morgan fingerprint density at radius 3 is 2.32 bits per heavy atom. The van der Waals surface area contributed by atoms with Crippen molar-refractivity contribution in [2.75, 3.05) is 45.3 Å². The quantitative estimate of drug-likeness (QED) is 0.765. The Balaban J connectivity index is 1.62. The fraction of sp³-hybridized carbons (Fsp3) is 0.316. The molecular formula is C19H22ClN3O2. The van der Waals surface area contributed by atoms with Crippen LogP contribution in [0.2, 0.25) is 5.02 Å². The third kappa shape index (κ3) is 4.17. The number of hydrogen-bond donors (Lipinski definition) is 0. The molecule has 1 saturated heterocycles. The van der Waals surface area contributed by atoms with E-state index in [0.717, 1.165) is 36.8 Å². The molecule has 1 fully saturated rings. The van der Waals surface area contributed by atoms with Crippen LogP contribution in [0, 0.1) is 0 Å². The summed E-state index contributed by atoms with van der Waals surface area (Å²) in [5, 5.41) is 7.44. The van der Waals surface area contributed by atoms with Gasteiger partial charge in [0.15, 0.2) is 11.5 Å². The van der Waals surface area contributed by atoms with Crippen molar-refractivity contribution in [2.45, 2.75) is 0 Å². The third-order valence-corrected chi connectivity index (χ3v) is 4.49.